The first-order chi connectivity index (χ1) is 12.0. The number of hydrogen-bond donors (Lipinski definition) is 0. The van der Waals surface area contributed by atoms with Crippen molar-refractivity contribution in [2.24, 2.45) is 0 Å². The fourth-order valence-corrected chi connectivity index (χ4v) is 3.96. The molecule has 1 aliphatic rings. The van der Waals surface area contributed by atoms with Crippen molar-refractivity contribution in [3.05, 3.63) is 57.0 Å². The van der Waals surface area contributed by atoms with E-state index >= 15 is 0 Å². The van der Waals surface area contributed by atoms with Crippen LogP contribution in [0.2, 0.25) is 0 Å². The third kappa shape index (κ3) is 3.74. The number of amides is 2. The molecule has 1 saturated heterocycles. The number of thiophene rings is 1. The number of carbonyl (C=O) groups is 2. The van der Waals surface area contributed by atoms with Gasteiger partial charge in [0.15, 0.2) is 0 Å². The van der Waals surface area contributed by atoms with E-state index in [1.54, 1.807) is 21.9 Å². The average Bonchev–Trinajstić information content (AvgIpc) is 2.81. The third-order valence-corrected chi connectivity index (χ3v) is 5.69. The van der Waals surface area contributed by atoms with Gasteiger partial charge in [-0.15, -0.1) is 11.3 Å². The number of halogens is 1. The van der Waals surface area contributed by atoms with Crippen LogP contribution in [0.4, 0.5) is 4.39 Å². The van der Waals surface area contributed by atoms with Gasteiger partial charge in [0.1, 0.15) is 5.82 Å². The number of hydrogen-bond acceptors (Lipinski definition) is 3. The van der Waals surface area contributed by atoms with Crippen molar-refractivity contribution in [2.75, 3.05) is 26.2 Å². The van der Waals surface area contributed by atoms with Gasteiger partial charge < -0.3 is 9.80 Å². The molecule has 0 atom stereocenters. The Bertz CT molecular complexity index is 783. The minimum absolute atomic E-state index is 0.0152. The lowest BCUT2D eigenvalue weighted by molar-refractivity contribution is 0.0718. The first-order valence-electron chi connectivity index (χ1n) is 8.37. The van der Waals surface area contributed by atoms with E-state index in [2.05, 4.69) is 0 Å². The molecule has 0 radical (unpaired) electrons. The van der Waals surface area contributed by atoms with Crippen LogP contribution in [0.25, 0.3) is 0 Å². The van der Waals surface area contributed by atoms with E-state index in [9.17, 15) is 14.0 Å². The first-order valence-corrected chi connectivity index (χ1v) is 9.19. The number of benzene rings is 1. The minimum atomic E-state index is -0.505. The molecule has 25 heavy (non-hydrogen) atoms. The highest BCUT2D eigenvalue weighted by Gasteiger charge is 2.25. The Morgan fingerprint density at radius 3 is 2.24 bits per heavy atom. The summed E-state index contributed by atoms with van der Waals surface area (Å²) in [5.74, 6) is -0.800. The van der Waals surface area contributed by atoms with E-state index in [0.717, 1.165) is 15.3 Å². The Kier molecular flexibility index (Phi) is 5.18. The molecule has 0 saturated carbocycles. The molecule has 4 nitrogen and oxygen atoms in total. The highest BCUT2D eigenvalue weighted by molar-refractivity contribution is 7.14. The van der Waals surface area contributed by atoms with Gasteiger partial charge in [0, 0.05) is 31.1 Å². The lowest BCUT2D eigenvalue weighted by atomic mass is 10.2. The molecule has 0 N–H and O–H groups in total. The molecule has 2 amide bonds. The second-order valence-corrected chi connectivity index (χ2v) is 7.52. The van der Waals surface area contributed by atoms with Crippen molar-refractivity contribution in [1.29, 1.82) is 0 Å². The molecule has 3 rings (SSSR count). The summed E-state index contributed by atoms with van der Waals surface area (Å²) in [4.78, 5) is 30.6. The predicted molar refractivity (Wildman–Crippen MR) is 96.6 cm³/mol. The van der Waals surface area contributed by atoms with Crippen LogP contribution in [0.3, 0.4) is 0 Å². The van der Waals surface area contributed by atoms with Crippen molar-refractivity contribution in [1.82, 2.24) is 9.80 Å². The van der Waals surface area contributed by atoms with Crippen molar-refractivity contribution in [3.8, 4) is 0 Å². The summed E-state index contributed by atoms with van der Waals surface area (Å²) in [6.07, 6.45) is 0.690. The second-order valence-electron chi connectivity index (χ2n) is 6.27. The number of carbonyl (C=O) groups excluding carboxylic acids is 2. The van der Waals surface area contributed by atoms with E-state index < -0.39 is 5.82 Å². The van der Waals surface area contributed by atoms with E-state index in [1.165, 1.54) is 23.5 Å². The maximum Gasteiger partial charge on any atom is 0.263 e. The molecule has 1 aromatic carbocycles. The maximum atomic E-state index is 13.9. The molecule has 0 spiro atoms. The number of nitrogens with zero attached hydrogens (tertiary/aromatic N) is 2. The lowest BCUT2D eigenvalue weighted by Gasteiger charge is -2.22. The van der Waals surface area contributed by atoms with Gasteiger partial charge >= 0.3 is 0 Å². The Morgan fingerprint density at radius 2 is 1.64 bits per heavy atom. The van der Waals surface area contributed by atoms with Crippen LogP contribution in [-0.4, -0.2) is 47.8 Å². The van der Waals surface area contributed by atoms with Crippen LogP contribution >= 0.6 is 11.3 Å². The molecule has 1 aliphatic heterocycles. The summed E-state index contributed by atoms with van der Waals surface area (Å²) in [7, 11) is 0. The predicted octanol–water partition coefficient (Wildman–Crippen LogP) is 3.49. The summed E-state index contributed by atoms with van der Waals surface area (Å²) in [5.41, 5.74) is 1.21. The molecule has 0 unspecified atom stereocenters. The van der Waals surface area contributed by atoms with Crippen LogP contribution in [0.5, 0.6) is 0 Å². The van der Waals surface area contributed by atoms with E-state index in [-0.39, 0.29) is 17.4 Å². The molecular weight excluding hydrogens is 339 g/mol. The molecule has 1 aromatic heterocycles. The van der Waals surface area contributed by atoms with Gasteiger partial charge in [0.25, 0.3) is 11.8 Å². The molecule has 1 fully saturated rings. The minimum Gasteiger partial charge on any atom is -0.337 e. The summed E-state index contributed by atoms with van der Waals surface area (Å²) < 4.78 is 13.9. The smallest absolute Gasteiger partial charge is 0.263 e. The van der Waals surface area contributed by atoms with Gasteiger partial charge in [-0.1, -0.05) is 12.1 Å². The zero-order chi connectivity index (χ0) is 18.0. The van der Waals surface area contributed by atoms with E-state index in [0.29, 0.717) is 32.6 Å². The van der Waals surface area contributed by atoms with Gasteiger partial charge in [0.05, 0.1) is 10.4 Å². The van der Waals surface area contributed by atoms with Gasteiger partial charge in [-0.2, -0.15) is 0 Å². The number of aryl methyl sites for hydroxylation is 2. The number of rotatable bonds is 2. The average molecular weight is 360 g/mol. The van der Waals surface area contributed by atoms with Crippen LogP contribution < -0.4 is 0 Å². The summed E-state index contributed by atoms with van der Waals surface area (Å²) in [6, 6.07) is 7.95. The normalized spacial score (nSPS) is 15.2. The van der Waals surface area contributed by atoms with Crippen LogP contribution in [0.15, 0.2) is 30.3 Å². The quantitative estimate of drug-likeness (QED) is 0.822. The highest BCUT2D eigenvalue weighted by Crippen LogP contribution is 2.23. The fourth-order valence-electron chi connectivity index (χ4n) is 2.96. The van der Waals surface area contributed by atoms with Crippen molar-refractivity contribution >= 4 is 23.2 Å². The molecule has 2 heterocycles. The zero-order valence-corrected chi connectivity index (χ0v) is 15.2. The molecule has 132 valence electrons. The Morgan fingerprint density at radius 1 is 1.00 bits per heavy atom. The Balaban J connectivity index is 1.69. The lowest BCUT2D eigenvalue weighted by Crippen LogP contribution is -2.37. The van der Waals surface area contributed by atoms with Gasteiger partial charge in [-0.3, -0.25) is 9.59 Å². The highest BCUT2D eigenvalue weighted by atomic mass is 32.1. The van der Waals surface area contributed by atoms with Crippen molar-refractivity contribution in [3.63, 3.8) is 0 Å². The van der Waals surface area contributed by atoms with Gasteiger partial charge in [-0.05, 0) is 44.0 Å². The molecule has 0 bridgehead atoms. The largest absolute Gasteiger partial charge is 0.337 e. The molecule has 6 heteroatoms. The van der Waals surface area contributed by atoms with Crippen LogP contribution in [0.1, 0.15) is 36.9 Å². The van der Waals surface area contributed by atoms with Crippen LogP contribution in [-0.2, 0) is 0 Å². The SMILES string of the molecule is Cc1cc(C(=O)N2CCCN(C(=O)c3ccccc3F)CC2)sc1C. The monoisotopic (exact) mass is 360 g/mol. The van der Waals surface area contributed by atoms with E-state index in [4.69, 9.17) is 0 Å². The van der Waals surface area contributed by atoms with Crippen molar-refractivity contribution < 1.29 is 14.0 Å². The zero-order valence-electron chi connectivity index (χ0n) is 14.4. The van der Waals surface area contributed by atoms with Gasteiger partial charge in [-0.25, -0.2) is 4.39 Å². The molecule has 0 aliphatic carbocycles. The Labute approximate surface area is 150 Å². The third-order valence-electron chi connectivity index (χ3n) is 4.55. The maximum absolute atomic E-state index is 13.9. The van der Waals surface area contributed by atoms with Gasteiger partial charge in [0.2, 0.25) is 0 Å². The first kappa shape index (κ1) is 17.6. The summed E-state index contributed by atoms with van der Waals surface area (Å²) >= 11 is 1.51. The Hall–Kier alpha value is -2.21. The summed E-state index contributed by atoms with van der Waals surface area (Å²) in [6.45, 7) is 6.03. The second kappa shape index (κ2) is 7.35. The van der Waals surface area contributed by atoms with Crippen molar-refractivity contribution in [2.45, 2.75) is 20.3 Å². The summed E-state index contributed by atoms with van der Waals surface area (Å²) in [5, 5.41) is 0. The standard InChI is InChI=1S/C19H21FN2O2S/c1-13-12-17(25-14(13)2)19(24)22-9-5-8-21(10-11-22)18(23)15-6-3-4-7-16(15)20/h3-4,6-7,12H,5,8-11H2,1-2H3. The molecule has 2 aromatic rings. The van der Waals surface area contributed by atoms with E-state index in [1.807, 2.05) is 19.9 Å². The molecular formula is C19H21FN2O2S. The topological polar surface area (TPSA) is 40.6 Å². The van der Waals surface area contributed by atoms with Crippen LogP contribution in [0, 0.1) is 19.7 Å². The fraction of sp³-hybridized carbons (Fsp3) is 0.368.